The number of esters is 1. The van der Waals surface area contributed by atoms with E-state index in [4.69, 9.17) is 10.00 Å². The van der Waals surface area contributed by atoms with Gasteiger partial charge in [-0.3, -0.25) is 4.79 Å². The summed E-state index contributed by atoms with van der Waals surface area (Å²) < 4.78 is 4.76. The van der Waals surface area contributed by atoms with Gasteiger partial charge in [0.1, 0.15) is 0 Å². The highest BCUT2D eigenvalue weighted by molar-refractivity contribution is 5.70. The van der Waals surface area contributed by atoms with Gasteiger partial charge in [-0.15, -0.1) is 6.58 Å². The van der Waals surface area contributed by atoms with Crippen molar-refractivity contribution >= 4 is 5.97 Å². The van der Waals surface area contributed by atoms with Gasteiger partial charge in [-0.05, 0) is 20.3 Å². The standard InChI is InChI=1S/C10H15NO2/c1-4-6-10(3,8-11)7-9(12)13-5-2/h4H,1,5-7H2,2-3H3. The molecule has 0 radical (unpaired) electrons. The van der Waals surface area contributed by atoms with Crippen molar-refractivity contribution in [2.24, 2.45) is 5.41 Å². The van der Waals surface area contributed by atoms with Crippen molar-refractivity contribution in [3.8, 4) is 6.07 Å². The maximum Gasteiger partial charge on any atom is 0.307 e. The van der Waals surface area contributed by atoms with Crippen molar-refractivity contribution in [3.63, 3.8) is 0 Å². The summed E-state index contributed by atoms with van der Waals surface area (Å²) in [6, 6.07) is 2.10. The number of allylic oxidation sites excluding steroid dienone is 1. The van der Waals surface area contributed by atoms with Crippen LogP contribution in [0.3, 0.4) is 0 Å². The van der Waals surface area contributed by atoms with Crippen LogP contribution >= 0.6 is 0 Å². The fraction of sp³-hybridized carbons (Fsp3) is 0.600. The average molecular weight is 181 g/mol. The van der Waals surface area contributed by atoms with Gasteiger partial charge in [0.05, 0.1) is 24.5 Å². The van der Waals surface area contributed by atoms with Crippen LogP contribution in [0.1, 0.15) is 26.7 Å². The molecule has 3 heteroatoms. The van der Waals surface area contributed by atoms with Crippen molar-refractivity contribution in [1.82, 2.24) is 0 Å². The first-order chi connectivity index (χ1) is 6.08. The highest BCUT2D eigenvalue weighted by atomic mass is 16.5. The second kappa shape index (κ2) is 5.36. The largest absolute Gasteiger partial charge is 0.466 e. The molecule has 0 aromatic heterocycles. The first-order valence-electron chi connectivity index (χ1n) is 4.25. The third-order valence-electron chi connectivity index (χ3n) is 1.70. The lowest BCUT2D eigenvalue weighted by atomic mass is 9.85. The van der Waals surface area contributed by atoms with Gasteiger partial charge in [0, 0.05) is 0 Å². The molecule has 1 unspecified atom stereocenters. The van der Waals surface area contributed by atoms with Crippen LogP contribution in [0.15, 0.2) is 12.7 Å². The van der Waals surface area contributed by atoms with E-state index in [1.54, 1.807) is 19.9 Å². The van der Waals surface area contributed by atoms with Gasteiger partial charge < -0.3 is 4.74 Å². The monoisotopic (exact) mass is 181 g/mol. The van der Waals surface area contributed by atoms with Gasteiger partial charge in [0.2, 0.25) is 0 Å². The summed E-state index contributed by atoms with van der Waals surface area (Å²) in [5, 5.41) is 8.83. The molecule has 0 aromatic carbocycles. The quantitative estimate of drug-likeness (QED) is 0.481. The molecule has 0 aromatic rings. The molecule has 0 saturated heterocycles. The van der Waals surface area contributed by atoms with E-state index >= 15 is 0 Å². The van der Waals surface area contributed by atoms with Gasteiger partial charge >= 0.3 is 5.97 Å². The summed E-state index contributed by atoms with van der Waals surface area (Å²) in [5.74, 6) is -0.326. The third-order valence-corrected chi connectivity index (χ3v) is 1.70. The zero-order valence-corrected chi connectivity index (χ0v) is 8.17. The van der Waals surface area contributed by atoms with Gasteiger partial charge in [0.15, 0.2) is 0 Å². The lowest BCUT2D eigenvalue weighted by Crippen LogP contribution is -2.19. The molecule has 0 N–H and O–H groups in total. The van der Waals surface area contributed by atoms with Crippen molar-refractivity contribution in [3.05, 3.63) is 12.7 Å². The molecule has 0 fully saturated rings. The molecule has 0 rings (SSSR count). The number of carbonyl (C=O) groups is 1. The molecule has 0 saturated carbocycles. The van der Waals surface area contributed by atoms with Gasteiger partial charge in [-0.1, -0.05) is 6.08 Å². The summed E-state index contributed by atoms with van der Waals surface area (Å²) >= 11 is 0. The van der Waals surface area contributed by atoms with Gasteiger partial charge in [-0.2, -0.15) is 5.26 Å². The Labute approximate surface area is 79.0 Å². The Morgan fingerprint density at radius 1 is 1.77 bits per heavy atom. The molecule has 0 aliphatic heterocycles. The Hall–Kier alpha value is -1.30. The normalized spacial score (nSPS) is 13.9. The maximum absolute atomic E-state index is 11.1. The number of ether oxygens (including phenoxy) is 1. The zero-order valence-electron chi connectivity index (χ0n) is 8.17. The highest BCUT2D eigenvalue weighted by Gasteiger charge is 2.26. The van der Waals surface area contributed by atoms with E-state index in [1.807, 2.05) is 0 Å². The van der Waals surface area contributed by atoms with Crippen molar-refractivity contribution in [2.45, 2.75) is 26.7 Å². The van der Waals surface area contributed by atoms with Crippen molar-refractivity contribution in [1.29, 1.82) is 5.26 Å². The summed E-state index contributed by atoms with van der Waals surface area (Å²) in [6.45, 7) is 7.37. The Morgan fingerprint density at radius 2 is 2.38 bits per heavy atom. The van der Waals surface area contributed by atoms with Crippen LogP contribution in [0.25, 0.3) is 0 Å². The van der Waals surface area contributed by atoms with E-state index in [0.717, 1.165) is 0 Å². The SMILES string of the molecule is C=CCC(C)(C#N)CC(=O)OCC. The Balaban J connectivity index is 4.20. The van der Waals surface area contributed by atoms with E-state index in [2.05, 4.69) is 12.6 Å². The lowest BCUT2D eigenvalue weighted by Gasteiger charge is -2.17. The molecule has 13 heavy (non-hydrogen) atoms. The number of carbonyl (C=O) groups excluding carboxylic acids is 1. The fourth-order valence-electron chi connectivity index (χ4n) is 1.01. The number of hydrogen-bond donors (Lipinski definition) is 0. The van der Waals surface area contributed by atoms with E-state index in [1.165, 1.54) is 0 Å². The molecule has 0 heterocycles. The number of hydrogen-bond acceptors (Lipinski definition) is 3. The van der Waals surface area contributed by atoms with E-state index in [-0.39, 0.29) is 12.4 Å². The van der Waals surface area contributed by atoms with Crippen molar-refractivity contribution in [2.75, 3.05) is 6.61 Å². The van der Waals surface area contributed by atoms with Crippen molar-refractivity contribution < 1.29 is 9.53 Å². The Kier molecular flexibility index (Phi) is 4.83. The number of rotatable bonds is 5. The molecule has 72 valence electrons. The summed E-state index contributed by atoms with van der Waals surface area (Å²) in [7, 11) is 0. The molecular formula is C10H15NO2. The molecule has 0 aliphatic carbocycles. The van der Waals surface area contributed by atoms with E-state index in [9.17, 15) is 4.79 Å². The van der Waals surface area contributed by atoms with Gasteiger partial charge in [0.25, 0.3) is 0 Å². The second-order valence-electron chi connectivity index (χ2n) is 3.15. The van der Waals surface area contributed by atoms with Crippen LogP contribution in [-0.4, -0.2) is 12.6 Å². The smallest absolute Gasteiger partial charge is 0.307 e. The zero-order chi connectivity index (χ0) is 10.3. The Morgan fingerprint density at radius 3 is 2.77 bits per heavy atom. The molecule has 0 bridgehead atoms. The average Bonchev–Trinajstić information content (AvgIpc) is 2.05. The predicted molar refractivity (Wildman–Crippen MR) is 49.8 cm³/mol. The maximum atomic E-state index is 11.1. The molecule has 0 aliphatic rings. The summed E-state index contributed by atoms with van der Waals surface area (Å²) in [5.41, 5.74) is -0.673. The van der Waals surface area contributed by atoms with Crippen LogP contribution in [-0.2, 0) is 9.53 Å². The summed E-state index contributed by atoms with van der Waals surface area (Å²) in [4.78, 5) is 11.1. The van der Waals surface area contributed by atoms with Crippen LogP contribution in [0, 0.1) is 16.7 Å². The fourth-order valence-corrected chi connectivity index (χ4v) is 1.01. The third kappa shape index (κ3) is 4.32. The van der Waals surface area contributed by atoms with E-state index in [0.29, 0.717) is 13.0 Å². The first-order valence-corrected chi connectivity index (χ1v) is 4.25. The van der Waals surface area contributed by atoms with Crippen LogP contribution < -0.4 is 0 Å². The Bertz CT molecular complexity index is 230. The summed E-state index contributed by atoms with van der Waals surface area (Å²) in [6.07, 6.45) is 2.27. The predicted octanol–water partition coefficient (Wildman–Crippen LogP) is 2.05. The number of nitriles is 1. The van der Waals surface area contributed by atoms with Gasteiger partial charge in [-0.25, -0.2) is 0 Å². The van der Waals surface area contributed by atoms with Crippen LogP contribution in [0.2, 0.25) is 0 Å². The first kappa shape index (κ1) is 11.7. The van der Waals surface area contributed by atoms with E-state index < -0.39 is 5.41 Å². The minimum atomic E-state index is -0.673. The lowest BCUT2D eigenvalue weighted by molar-refractivity contribution is -0.144. The molecular weight excluding hydrogens is 166 g/mol. The second-order valence-corrected chi connectivity index (χ2v) is 3.15. The molecule has 1 atom stereocenters. The number of nitrogens with zero attached hydrogens (tertiary/aromatic N) is 1. The van der Waals surface area contributed by atoms with Crippen LogP contribution in [0.4, 0.5) is 0 Å². The highest BCUT2D eigenvalue weighted by Crippen LogP contribution is 2.25. The minimum Gasteiger partial charge on any atom is -0.466 e. The minimum absolute atomic E-state index is 0.128. The van der Waals surface area contributed by atoms with Crippen LogP contribution in [0.5, 0.6) is 0 Å². The molecule has 0 spiro atoms. The topological polar surface area (TPSA) is 50.1 Å². The molecule has 3 nitrogen and oxygen atoms in total. The molecule has 0 amide bonds.